The molecule has 1 aliphatic heterocycles. The van der Waals surface area contributed by atoms with E-state index in [0.717, 1.165) is 0 Å². The van der Waals surface area contributed by atoms with Gasteiger partial charge in [0.05, 0.1) is 7.11 Å². The van der Waals surface area contributed by atoms with Crippen LogP contribution in [0, 0.1) is 5.92 Å². The molecule has 0 radical (unpaired) electrons. The average molecular weight is 363 g/mol. The highest BCUT2D eigenvalue weighted by Crippen LogP contribution is 2.40. The first-order chi connectivity index (χ1) is 12.4. The topological polar surface area (TPSA) is 83.1 Å². The minimum Gasteiger partial charge on any atom is -0.493 e. The van der Waals surface area contributed by atoms with Gasteiger partial charge in [0.25, 0.3) is 5.91 Å². The smallest absolute Gasteiger partial charge is 0.331 e. The van der Waals surface area contributed by atoms with Gasteiger partial charge in [-0.05, 0) is 36.6 Å². The van der Waals surface area contributed by atoms with Crippen molar-refractivity contribution in [1.82, 2.24) is 5.32 Å². The van der Waals surface area contributed by atoms with Gasteiger partial charge in [0.15, 0.2) is 17.6 Å². The molecule has 142 valence electrons. The minimum absolute atomic E-state index is 0.318. The number of nitrogens with one attached hydrogen (secondary N) is 1. The van der Waals surface area contributed by atoms with E-state index in [1.165, 1.54) is 20.1 Å². The van der Waals surface area contributed by atoms with Crippen molar-refractivity contribution in [2.24, 2.45) is 5.92 Å². The van der Waals surface area contributed by atoms with E-state index in [1.807, 2.05) is 13.8 Å². The molecule has 1 aliphatic rings. The second-order valence-electron chi connectivity index (χ2n) is 6.30. The summed E-state index contributed by atoms with van der Waals surface area (Å²) in [6.45, 7) is 6.96. The zero-order chi connectivity index (χ0) is 19.1. The van der Waals surface area contributed by atoms with E-state index in [0.29, 0.717) is 48.5 Å². The third kappa shape index (κ3) is 5.40. The van der Waals surface area contributed by atoms with E-state index < -0.39 is 12.1 Å². The molecule has 0 saturated carbocycles. The minimum atomic E-state index is -0.860. The summed E-state index contributed by atoms with van der Waals surface area (Å²) in [6.07, 6.45) is 1.97. The van der Waals surface area contributed by atoms with E-state index in [2.05, 4.69) is 5.32 Å². The van der Waals surface area contributed by atoms with Crippen molar-refractivity contribution in [1.29, 1.82) is 0 Å². The SMILES string of the molecule is COc1cc(/C=C/C(=O)O[C@@H](C)C(=O)NCC(C)C)cc2c1OCCO2. The summed E-state index contributed by atoms with van der Waals surface area (Å²) in [4.78, 5) is 23.8. The lowest BCUT2D eigenvalue weighted by molar-refractivity contribution is -0.150. The predicted octanol–water partition coefficient (Wildman–Crippen LogP) is 2.18. The van der Waals surface area contributed by atoms with Crippen molar-refractivity contribution < 1.29 is 28.5 Å². The van der Waals surface area contributed by atoms with Gasteiger partial charge in [0.2, 0.25) is 5.75 Å². The van der Waals surface area contributed by atoms with Gasteiger partial charge in [0.1, 0.15) is 13.2 Å². The maximum Gasteiger partial charge on any atom is 0.331 e. The first kappa shape index (κ1) is 19.6. The van der Waals surface area contributed by atoms with Crippen LogP contribution >= 0.6 is 0 Å². The van der Waals surface area contributed by atoms with Gasteiger partial charge in [-0.3, -0.25) is 4.79 Å². The lowest BCUT2D eigenvalue weighted by Crippen LogP contribution is -2.37. The quantitative estimate of drug-likeness (QED) is 0.591. The maximum atomic E-state index is 11.9. The first-order valence-electron chi connectivity index (χ1n) is 8.54. The molecule has 0 aliphatic carbocycles. The number of methoxy groups -OCH3 is 1. The van der Waals surface area contributed by atoms with E-state index in [4.69, 9.17) is 18.9 Å². The number of amides is 1. The van der Waals surface area contributed by atoms with Gasteiger partial charge in [-0.1, -0.05) is 13.8 Å². The summed E-state index contributed by atoms with van der Waals surface area (Å²) >= 11 is 0. The number of rotatable bonds is 7. The molecule has 0 spiro atoms. The van der Waals surface area contributed by atoms with Gasteiger partial charge < -0.3 is 24.3 Å². The number of benzene rings is 1. The Bertz CT molecular complexity index is 666. The molecule has 1 aromatic carbocycles. The summed E-state index contributed by atoms with van der Waals surface area (Å²) in [5.41, 5.74) is 0.694. The molecule has 1 heterocycles. The Morgan fingerprint density at radius 2 is 1.96 bits per heavy atom. The highest BCUT2D eigenvalue weighted by atomic mass is 16.6. The van der Waals surface area contributed by atoms with Crippen molar-refractivity contribution in [2.75, 3.05) is 26.9 Å². The van der Waals surface area contributed by atoms with E-state index in [1.54, 1.807) is 18.2 Å². The number of carbonyl (C=O) groups is 2. The summed E-state index contributed by atoms with van der Waals surface area (Å²) in [6, 6.07) is 3.48. The molecule has 0 unspecified atom stereocenters. The van der Waals surface area contributed by atoms with Gasteiger partial charge in [-0.2, -0.15) is 0 Å². The van der Waals surface area contributed by atoms with Crippen LogP contribution in [0.25, 0.3) is 6.08 Å². The average Bonchev–Trinajstić information content (AvgIpc) is 2.63. The number of esters is 1. The fourth-order valence-electron chi connectivity index (χ4n) is 2.27. The molecule has 7 nitrogen and oxygen atoms in total. The van der Waals surface area contributed by atoms with Gasteiger partial charge >= 0.3 is 5.97 Å². The molecule has 1 atom stereocenters. The Kier molecular flexibility index (Phi) is 6.89. The molecule has 26 heavy (non-hydrogen) atoms. The summed E-state index contributed by atoms with van der Waals surface area (Å²) < 4.78 is 21.5. The maximum absolute atomic E-state index is 11.9. The van der Waals surface area contributed by atoms with E-state index in [9.17, 15) is 9.59 Å². The molecule has 0 aromatic heterocycles. The molecular weight excluding hydrogens is 338 g/mol. The van der Waals surface area contributed by atoms with Crippen LogP contribution in [0.1, 0.15) is 26.3 Å². The predicted molar refractivity (Wildman–Crippen MR) is 96.4 cm³/mol. The number of fused-ring (bicyclic) bond motifs is 1. The second-order valence-corrected chi connectivity index (χ2v) is 6.30. The van der Waals surface area contributed by atoms with E-state index in [-0.39, 0.29) is 5.91 Å². The molecule has 0 saturated heterocycles. The second kappa shape index (κ2) is 9.12. The largest absolute Gasteiger partial charge is 0.493 e. The van der Waals surface area contributed by atoms with Crippen LogP contribution < -0.4 is 19.5 Å². The van der Waals surface area contributed by atoms with Crippen LogP contribution in [0.5, 0.6) is 17.2 Å². The van der Waals surface area contributed by atoms with Crippen molar-refractivity contribution >= 4 is 18.0 Å². The third-order valence-electron chi connectivity index (χ3n) is 3.61. The van der Waals surface area contributed by atoms with Crippen molar-refractivity contribution in [3.05, 3.63) is 23.8 Å². The number of hydrogen-bond donors (Lipinski definition) is 1. The lowest BCUT2D eigenvalue weighted by Gasteiger charge is -2.20. The third-order valence-corrected chi connectivity index (χ3v) is 3.61. The Balaban J connectivity index is 1.98. The van der Waals surface area contributed by atoms with Crippen LogP contribution in [-0.2, 0) is 14.3 Å². The molecule has 1 amide bonds. The molecule has 1 aromatic rings. The van der Waals surface area contributed by atoms with Gasteiger partial charge in [-0.25, -0.2) is 4.79 Å². The van der Waals surface area contributed by atoms with Crippen molar-refractivity contribution in [2.45, 2.75) is 26.9 Å². The van der Waals surface area contributed by atoms with Crippen molar-refractivity contribution in [3.63, 3.8) is 0 Å². The molecule has 0 bridgehead atoms. The van der Waals surface area contributed by atoms with Crippen molar-refractivity contribution in [3.8, 4) is 17.2 Å². The van der Waals surface area contributed by atoms with Gasteiger partial charge in [-0.15, -0.1) is 0 Å². The van der Waals surface area contributed by atoms with Crippen LogP contribution in [0.15, 0.2) is 18.2 Å². The fraction of sp³-hybridized carbons (Fsp3) is 0.474. The highest BCUT2D eigenvalue weighted by molar-refractivity contribution is 5.90. The first-order valence-corrected chi connectivity index (χ1v) is 8.54. The Hall–Kier alpha value is -2.70. The Morgan fingerprint density at radius 1 is 1.23 bits per heavy atom. The summed E-state index contributed by atoms with van der Waals surface area (Å²) in [5, 5.41) is 2.72. The monoisotopic (exact) mass is 363 g/mol. The molecular formula is C19H25NO6. The Labute approximate surface area is 153 Å². The normalized spacial score (nSPS) is 14.2. The molecule has 0 fully saturated rings. The number of hydrogen-bond acceptors (Lipinski definition) is 6. The zero-order valence-electron chi connectivity index (χ0n) is 15.5. The fourth-order valence-corrected chi connectivity index (χ4v) is 2.27. The summed E-state index contributed by atoms with van der Waals surface area (Å²) in [5.74, 6) is 1.04. The molecule has 2 rings (SSSR count). The van der Waals surface area contributed by atoms with Crippen LogP contribution in [-0.4, -0.2) is 44.8 Å². The summed E-state index contributed by atoms with van der Waals surface area (Å²) in [7, 11) is 1.53. The zero-order valence-corrected chi connectivity index (χ0v) is 15.5. The lowest BCUT2D eigenvalue weighted by atomic mass is 10.1. The van der Waals surface area contributed by atoms with Crippen LogP contribution in [0.4, 0.5) is 0 Å². The Morgan fingerprint density at radius 3 is 2.65 bits per heavy atom. The van der Waals surface area contributed by atoms with Crippen LogP contribution in [0.2, 0.25) is 0 Å². The number of ether oxygens (including phenoxy) is 4. The standard InChI is InChI=1S/C19H25NO6/c1-12(2)11-20-19(22)13(3)26-17(21)6-5-14-9-15(23-4)18-16(10-14)24-7-8-25-18/h5-6,9-10,12-13H,7-8,11H2,1-4H3,(H,20,22)/b6-5+/t13-/m0/s1. The highest BCUT2D eigenvalue weighted by Gasteiger charge is 2.19. The number of carbonyl (C=O) groups excluding carboxylic acids is 2. The molecule has 7 heteroatoms. The van der Waals surface area contributed by atoms with Gasteiger partial charge in [0, 0.05) is 12.6 Å². The molecule has 1 N–H and O–H groups in total. The van der Waals surface area contributed by atoms with E-state index >= 15 is 0 Å². The van der Waals surface area contributed by atoms with Crippen LogP contribution in [0.3, 0.4) is 0 Å².